The summed E-state index contributed by atoms with van der Waals surface area (Å²) in [5, 5.41) is 5.28. The van der Waals surface area contributed by atoms with Gasteiger partial charge in [0, 0.05) is 0 Å². The molecule has 0 atom stereocenters. The van der Waals surface area contributed by atoms with E-state index in [1.807, 2.05) is 0 Å². The monoisotopic (exact) mass is 422 g/mol. The predicted molar refractivity (Wildman–Crippen MR) is 142 cm³/mol. The predicted octanol–water partition coefficient (Wildman–Crippen LogP) is 10.1. The van der Waals surface area contributed by atoms with Crippen molar-refractivity contribution in [3.8, 4) is 11.1 Å². The minimum atomic E-state index is 1.21. The Kier molecular flexibility index (Phi) is 8.37. The number of aryl methyl sites for hydroxylation is 1. The van der Waals surface area contributed by atoms with E-state index >= 15 is 0 Å². The van der Waals surface area contributed by atoms with E-state index in [0.717, 1.165) is 0 Å². The third-order valence-corrected chi connectivity index (χ3v) is 6.83. The Morgan fingerprint density at radius 2 is 1.09 bits per heavy atom. The van der Waals surface area contributed by atoms with Gasteiger partial charge in [0.05, 0.1) is 0 Å². The Hall–Kier alpha value is -2.60. The minimum absolute atomic E-state index is 1.21. The fraction of sp³-hybridized carbons (Fsp3) is 0.375. The minimum Gasteiger partial charge on any atom is -0.0654 e. The third-order valence-electron chi connectivity index (χ3n) is 6.83. The van der Waals surface area contributed by atoms with E-state index in [-0.39, 0.29) is 0 Å². The van der Waals surface area contributed by atoms with Crippen molar-refractivity contribution in [1.82, 2.24) is 0 Å². The lowest BCUT2D eigenvalue weighted by atomic mass is 9.94. The van der Waals surface area contributed by atoms with Gasteiger partial charge in [0.15, 0.2) is 0 Å². The van der Waals surface area contributed by atoms with E-state index in [9.17, 15) is 0 Å². The zero-order chi connectivity index (χ0) is 22.0. The molecule has 4 aromatic rings. The average Bonchev–Trinajstić information content (AvgIpc) is 2.84. The van der Waals surface area contributed by atoms with Gasteiger partial charge in [-0.15, -0.1) is 0 Å². The van der Waals surface area contributed by atoms with Gasteiger partial charge in [-0.05, 0) is 63.2 Å². The van der Waals surface area contributed by atoms with E-state index in [0.29, 0.717) is 0 Å². The van der Waals surface area contributed by atoms with Crippen LogP contribution in [0.3, 0.4) is 0 Å². The number of rotatable bonds is 12. The maximum atomic E-state index is 2.34. The molecule has 0 aliphatic heterocycles. The first kappa shape index (κ1) is 22.6. The summed E-state index contributed by atoms with van der Waals surface area (Å²) in [6.07, 6.45) is 15.2. The van der Waals surface area contributed by atoms with E-state index < -0.39 is 0 Å². The van der Waals surface area contributed by atoms with Crippen LogP contribution in [0.1, 0.15) is 76.7 Å². The highest BCUT2D eigenvalue weighted by Gasteiger charge is 2.06. The largest absolute Gasteiger partial charge is 0.0654 e. The number of benzene rings is 4. The second-order valence-corrected chi connectivity index (χ2v) is 9.35. The number of hydrogen-bond donors (Lipinski definition) is 0. The first-order valence-corrected chi connectivity index (χ1v) is 12.9. The molecule has 0 saturated heterocycles. The van der Waals surface area contributed by atoms with Gasteiger partial charge in [0.25, 0.3) is 0 Å². The van der Waals surface area contributed by atoms with Gasteiger partial charge >= 0.3 is 0 Å². The lowest BCUT2D eigenvalue weighted by Crippen LogP contribution is -1.88. The molecule has 0 saturated carbocycles. The van der Waals surface area contributed by atoms with E-state index in [2.05, 4.69) is 85.8 Å². The molecule has 0 heterocycles. The molecule has 0 heteroatoms. The van der Waals surface area contributed by atoms with Gasteiger partial charge in [0.1, 0.15) is 0 Å². The molecule has 32 heavy (non-hydrogen) atoms. The standard InChI is InChI=1S/C32H38/c1-2-3-4-5-6-7-8-9-10-11-15-26-20-22-27(23-21-26)31-19-14-18-30-24-28-16-12-13-17-29(28)25-32(30)31/h12-14,16-25H,2-11,15H2,1H3. The first-order valence-electron chi connectivity index (χ1n) is 12.9. The molecule has 0 aliphatic carbocycles. The molecular formula is C32H38. The molecule has 0 nitrogen and oxygen atoms in total. The second kappa shape index (κ2) is 11.9. The Labute approximate surface area is 194 Å². The maximum Gasteiger partial charge on any atom is -0.00990 e. The van der Waals surface area contributed by atoms with Crippen LogP contribution >= 0.6 is 0 Å². The van der Waals surface area contributed by atoms with E-state index in [1.165, 1.54) is 109 Å². The third kappa shape index (κ3) is 6.00. The summed E-state index contributed by atoms with van der Waals surface area (Å²) in [5.74, 6) is 0. The SMILES string of the molecule is CCCCCCCCCCCCc1ccc(-c2cccc3cc4ccccc4cc23)cc1. The summed E-state index contributed by atoms with van der Waals surface area (Å²) in [7, 11) is 0. The Morgan fingerprint density at radius 1 is 0.500 bits per heavy atom. The van der Waals surface area contributed by atoms with Crippen molar-refractivity contribution < 1.29 is 0 Å². The Balaban J connectivity index is 1.30. The molecule has 0 aromatic heterocycles. The maximum absolute atomic E-state index is 2.34. The summed E-state index contributed by atoms with van der Waals surface area (Å²) in [4.78, 5) is 0. The highest BCUT2D eigenvalue weighted by Crippen LogP contribution is 2.32. The van der Waals surface area contributed by atoms with Crippen molar-refractivity contribution in [2.24, 2.45) is 0 Å². The van der Waals surface area contributed by atoms with Crippen molar-refractivity contribution in [1.29, 1.82) is 0 Å². The van der Waals surface area contributed by atoms with Crippen LogP contribution in [-0.4, -0.2) is 0 Å². The van der Waals surface area contributed by atoms with Gasteiger partial charge < -0.3 is 0 Å². The molecule has 0 fully saturated rings. The van der Waals surface area contributed by atoms with Crippen molar-refractivity contribution in [3.63, 3.8) is 0 Å². The molecule has 0 unspecified atom stereocenters. The molecule has 0 spiro atoms. The Bertz CT molecular complexity index is 1100. The number of hydrogen-bond acceptors (Lipinski definition) is 0. The molecule has 0 radical (unpaired) electrons. The number of unbranched alkanes of at least 4 members (excludes halogenated alkanes) is 9. The van der Waals surface area contributed by atoms with Crippen LogP contribution in [0.2, 0.25) is 0 Å². The molecule has 0 bridgehead atoms. The normalized spacial score (nSPS) is 11.4. The molecule has 166 valence electrons. The molecule has 0 aliphatic rings. The molecular weight excluding hydrogens is 384 g/mol. The van der Waals surface area contributed by atoms with Crippen molar-refractivity contribution >= 4 is 21.5 Å². The summed E-state index contributed by atoms with van der Waals surface area (Å²) in [5.41, 5.74) is 4.12. The fourth-order valence-corrected chi connectivity index (χ4v) is 4.89. The van der Waals surface area contributed by atoms with Gasteiger partial charge in [-0.2, -0.15) is 0 Å². The van der Waals surface area contributed by atoms with Crippen LogP contribution in [0.5, 0.6) is 0 Å². The topological polar surface area (TPSA) is 0 Å². The zero-order valence-corrected chi connectivity index (χ0v) is 19.8. The second-order valence-electron chi connectivity index (χ2n) is 9.35. The van der Waals surface area contributed by atoms with Gasteiger partial charge in [0.2, 0.25) is 0 Å². The molecule has 0 amide bonds. The highest BCUT2D eigenvalue weighted by molar-refractivity contribution is 6.04. The quantitative estimate of drug-likeness (QED) is 0.157. The smallest absolute Gasteiger partial charge is 0.00990 e. The van der Waals surface area contributed by atoms with Crippen LogP contribution in [-0.2, 0) is 6.42 Å². The lowest BCUT2D eigenvalue weighted by molar-refractivity contribution is 0.556. The zero-order valence-electron chi connectivity index (χ0n) is 19.8. The summed E-state index contributed by atoms with van der Waals surface area (Å²) >= 11 is 0. The van der Waals surface area contributed by atoms with Gasteiger partial charge in [-0.25, -0.2) is 0 Å². The summed E-state index contributed by atoms with van der Waals surface area (Å²) in [6, 6.07) is 29.3. The van der Waals surface area contributed by atoms with Crippen molar-refractivity contribution in [3.05, 3.63) is 84.4 Å². The van der Waals surface area contributed by atoms with Crippen LogP contribution in [0.15, 0.2) is 78.9 Å². The van der Waals surface area contributed by atoms with E-state index in [4.69, 9.17) is 0 Å². The Morgan fingerprint density at radius 3 is 1.78 bits per heavy atom. The van der Waals surface area contributed by atoms with Gasteiger partial charge in [-0.3, -0.25) is 0 Å². The van der Waals surface area contributed by atoms with Gasteiger partial charge in [-0.1, -0.05) is 131 Å². The summed E-state index contributed by atoms with van der Waals surface area (Å²) in [6.45, 7) is 2.29. The molecule has 4 aromatic carbocycles. The van der Waals surface area contributed by atoms with Crippen molar-refractivity contribution in [2.75, 3.05) is 0 Å². The van der Waals surface area contributed by atoms with Crippen LogP contribution < -0.4 is 0 Å². The average molecular weight is 423 g/mol. The molecule has 4 rings (SSSR count). The van der Waals surface area contributed by atoms with Crippen LogP contribution in [0.4, 0.5) is 0 Å². The molecule has 0 N–H and O–H groups in total. The van der Waals surface area contributed by atoms with Crippen LogP contribution in [0.25, 0.3) is 32.7 Å². The first-order chi connectivity index (χ1) is 15.8. The summed E-state index contributed by atoms with van der Waals surface area (Å²) < 4.78 is 0. The van der Waals surface area contributed by atoms with E-state index in [1.54, 1.807) is 0 Å². The lowest BCUT2D eigenvalue weighted by Gasteiger charge is -2.10. The highest BCUT2D eigenvalue weighted by atomic mass is 14.1. The van der Waals surface area contributed by atoms with Crippen molar-refractivity contribution in [2.45, 2.75) is 77.6 Å². The fourth-order valence-electron chi connectivity index (χ4n) is 4.89. The van der Waals surface area contributed by atoms with Crippen LogP contribution in [0, 0.1) is 0 Å². The number of fused-ring (bicyclic) bond motifs is 2.